The van der Waals surface area contributed by atoms with Crippen LogP contribution in [0.5, 0.6) is 5.75 Å². The fourth-order valence-corrected chi connectivity index (χ4v) is 3.84. The highest BCUT2D eigenvalue weighted by molar-refractivity contribution is 7.89. The van der Waals surface area contributed by atoms with Crippen molar-refractivity contribution >= 4 is 27.5 Å². The van der Waals surface area contributed by atoms with Crippen LogP contribution in [0.2, 0.25) is 5.02 Å². The average Bonchev–Trinajstić information content (AvgIpc) is 2.61. The van der Waals surface area contributed by atoms with E-state index in [1.807, 2.05) is 0 Å². The molecule has 1 saturated heterocycles. The van der Waals surface area contributed by atoms with Gasteiger partial charge in [0.05, 0.1) is 16.5 Å². The molecular formula is C16H23ClN2O5S. The Morgan fingerprint density at radius 1 is 1.28 bits per heavy atom. The van der Waals surface area contributed by atoms with E-state index in [1.54, 1.807) is 4.90 Å². The third-order valence-electron chi connectivity index (χ3n) is 3.87. The number of methoxy groups -OCH3 is 1. The van der Waals surface area contributed by atoms with Crippen molar-refractivity contribution in [2.24, 2.45) is 0 Å². The molecular weight excluding hydrogens is 368 g/mol. The van der Waals surface area contributed by atoms with Crippen molar-refractivity contribution in [3.05, 3.63) is 23.2 Å². The first-order valence-corrected chi connectivity index (χ1v) is 9.99. The fraction of sp³-hybridized carbons (Fsp3) is 0.562. The maximum Gasteiger partial charge on any atom is 0.260 e. The molecule has 1 fully saturated rings. The van der Waals surface area contributed by atoms with Crippen LogP contribution in [-0.2, 0) is 19.6 Å². The number of nitrogens with one attached hydrogen (secondary N) is 1. The number of amides is 1. The van der Waals surface area contributed by atoms with Gasteiger partial charge in [0.2, 0.25) is 10.0 Å². The van der Waals surface area contributed by atoms with Crippen LogP contribution in [0.3, 0.4) is 0 Å². The molecule has 0 saturated carbocycles. The number of hydrogen-bond donors (Lipinski definition) is 1. The van der Waals surface area contributed by atoms with Crippen LogP contribution >= 0.6 is 11.6 Å². The Labute approximate surface area is 153 Å². The van der Waals surface area contributed by atoms with E-state index in [2.05, 4.69) is 4.72 Å². The van der Waals surface area contributed by atoms with Crippen molar-refractivity contribution in [3.8, 4) is 5.75 Å². The van der Waals surface area contributed by atoms with Crippen molar-refractivity contribution in [2.75, 3.05) is 40.0 Å². The summed E-state index contributed by atoms with van der Waals surface area (Å²) in [5, 5.41) is 0.140. The third-order valence-corrected chi connectivity index (χ3v) is 5.63. The summed E-state index contributed by atoms with van der Waals surface area (Å²) >= 11 is 6.10. The summed E-state index contributed by atoms with van der Waals surface area (Å²) in [6.45, 7) is 1.82. The minimum atomic E-state index is -3.67. The molecule has 9 heteroatoms. The van der Waals surface area contributed by atoms with Crippen molar-refractivity contribution in [1.82, 2.24) is 9.62 Å². The molecule has 1 aromatic rings. The van der Waals surface area contributed by atoms with Gasteiger partial charge in [-0.3, -0.25) is 4.79 Å². The number of hydrogen-bond acceptors (Lipinski definition) is 5. The molecule has 1 heterocycles. The normalized spacial score (nSPS) is 15.2. The number of rotatable bonds is 8. The Hall–Kier alpha value is -1.35. The maximum atomic E-state index is 12.1. The molecule has 0 radical (unpaired) electrons. The van der Waals surface area contributed by atoms with Crippen LogP contribution in [0, 0.1) is 0 Å². The number of sulfonamides is 1. The standard InChI is InChI=1S/C16H23ClN2O5S/c1-23-10-7-18-25(21,22)13-5-6-15(14(17)11-13)24-12-16(20)19-8-3-2-4-9-19/h5-6,11,18H,2-4,7-10,12H2,1H3. The lowest BCUT2D eigenvalue weighted by molar-refractivity contribution is -0.134. The summed E-state index contributed by atoms with van der Waals surface area (Å²) in [7, 11) is -2.18. The number of benzene rings is 1. The molecule has 0 spiro atoms. The highest BCUT2D eigenvalue weighted by Gasteiger charge is 2.19. The smallest absolute Gasteiger partial charge is 0.260 e. The van der Waals surface area contributed by atoms with E-state index >= 15 is 0 Å². The van der Waals surface area contributed by atoms with Gasteiger partial charge in [0.1, 0.15) is 5.75 Å². The highest BCUT2D eigenvalue weighted by Crippen LogP contribution is 2.27. The van der Waals surface area contributed by atoms with Crippen molar-refractivity contribution < 1.29 is 22.7 Å². The Kier molecular flexibility index (Phi) is 7.49. The van der Waals surface area contributed by atoms with Gasteiger partial charge in [-0.1, -0.05) is 11.6 Å². The first-order valence-electron chi connectivity index (χ1n) is 8.13. The Balaban J connectivity index is 1.95. The van der Waals surface area contributed by atoms with Gasteiger partial charge in [0, 0.05) is 26.7 Å². The van der Waals surface area contributed by atoms with Crippen molar-refractivity contribution in [1.29, 1.82) is 0 Å². The molecule has 0 unspecified atom stereocenters. The van der Waals surface area contributed by atoms with E-state index in [0.717, 1.165) is 32.4 Å². The lowest BCUT2D eigenvalue weighted by atomic mass is 10.1. The van der Waals surface area contributed by atoms with E-state index in [0.29, 0.717) is 0 Å². The number of likely N-dealkylation sites (tertiary alicyclic amines) is 1. The van der Waals surface area contributed by atoms with Gasteiger partial charge in [-0.2, -0.15) is 0 Å². The summed E-state index contributed by atoms with van der Waals surface area (Å²) in [4.78, 5) is 13.9. The number of piperidine rings is 1. The van der Waals surface area contributed by atoms with Crippen molar-refractivity contribution in [2.45, 2.75) is 24.2 Å². The van der Waals surface area contributed by atoms with Gasteiger partial charge in [0.25, 0.3) is 5.91 Å². The molecule has 7 nitrogen and oxygen atoms in total. The molecule has 2 rings (SSSR count). The number of halogens is 1. The van der Waals surface area contributed by atoms with Crippen LogP contribution in [0.15, 0.2) is 23.1 Å². The van der Waals surface area contributed by atoms with E-state index in [4.69, 9.17) is 21.1 Å². The van der Waals surface area contributed by atoms with Crippen LogP contribution in [0.25, 0.3) is 0 Å². The minimum absolute atomic E-state index is 0.0308. The third kappa shape index (κ3) is 5.85. The zero-order valence-corrected chi connectivity index (χ0v) is 15.7. The second-order valence-corrected chi connectivity index (χ2v) is 7.89. The van der Waals surface area contributed by atoms with Crippen LogP contribution in [-0.4, -0.2) is 59.2 Å². The molecule has 0 aromatic heterocycles. The molecule has 1 aliphatic rings. The van der Waals surface area contributed by atoms with E-state index in [1.165, 1.54) is 25.3 Å². The SMILES string of the molecule is COCCNS(=O)(=O)c1ccc(OCC(=O)N2CCCCC2)c(Cl)c1. The van der Waals surface area contributed by atoms with E-state index in [-0.39, 0.29) is 41.3 Å². The lowest BCUT2D eigenvalue weighted by Gasteiger charge is -2.26. The zero-order chi connectivity index (χ0) is 18.3. The van der Waals surface area contributed by atoms with Crippen molar-refractivity contribution in [3.63, 3.8) is 0 Å². The fourth-order valence-electron chi connectivity index (χ4n) is 2.50. The summed E-state index contributed by atoms with van der Waals surface area (Å²) in [6.07, 6.45) is 3.16. The summed E-state index contributed by atoms with van der Waals surface area (Å²) in [5.41, 5.74) is 0. The molecule has 1 N–H and O–H groups in total. The maximum absolute atomic E-state index is 12.1. The van der Waals surface area contributed by atoms with Gasteiger partial charge >= 0.3 is 0 Å². The molecule has 1 aliphatic heterocycles. The second-order valence-electron chi connectivity index (χ2n) is 5.71. The topological polar surface area (TPSA) is 84.9 Å². The van der Waals surface area contributed by atoms with Gasteiger partial charge in [-0.15, -0.1) is 0 Å². The largest absolute Gasteiger partial charge is 0.482 e. The van der Waals surface area contributed by atoms with Gasteiger partial charge in [-0.25, -0.2) is 13.1 Å². The minimum Gasteiger partial charge on any atom is -0.482 e. The summed E-state index contributed by atoms with van der Waals surface area (Å²) in [6, 6.07) is 4.15. The number of carbonyl (C=O) groups is 1. The van der Waals surface area contributed by atoms with Gasteiger partial charge < -0.3 is 14.4 Å². The first-order chi connectivity index (χ1) is 11.9. The molecule has 25 heavy (non-hydrogen) atoms. The lowest BCUT2D eigenvalue weighted by Crippen LogP contribution is -2.38. The van der Waals surface area contributed by atoms with Gasteiger partial charge in [-0.05, 0) is 37.5 Å². The molecule has 0 atom stereocenters. The Bertz CT molecular complexity index is 690. The van der Waals surface area contributed by atoms with E-state index < -0.39 is 10.0 Å². The van der Waals surface area contributed by atoms with Crippen LogP contribution in [0.4, 0.5) is 0 Å². The molecule has 0 bridgehead atoms. The molecule has 140 valence electrons. The zero-order valence-electron chi connectivity index (χ0n) is 14.2. The van der Waals surface area contributed by atoms with E-state index in [9.17, 15) is 13.2 Å². The number of ether oxygens (including phenoxy) is 2. The highest BCUT2D eigenvalue weighted by atomic mass is 35.5. The quantitative estimate of drug-likeness (QED) is 0.682. The predicted molar refractivity (Wildman–Crippen MR) is 94.4 cm³/mol. The number of carbonyl (C=O) groups excluding carboxylic acids is 1. The Morgan fingerprint density at radius 3 is 2.64 bits per heavy atom. The predicted octanol–water partition coefficient (Wildman–Crippen LogP) is 1.66. The van der Waals surface area contributed by atoms with Crippen LogP contribution in [0.1, 0.15) is 19.3 Å². The number of nitrogens with zero attached hydrogens (tertiary/aromatic N) is 1. The molecule has 1 aromatic carbocycles. The first kappa shape index (κ1) is 20.0. The molecule has 1 amide bonds. The Morgan fingerprint density at radius 2 is 2.00 bits per heavy atom. The summed E-state index contributed by atoms with van der Waals surface area (Å²) < 4.78 is 36.9. The molecule has 0 aliphatic carbocycles. The second kappa shape index (κ2) is 9.38. The monoisotopic (exact) mass is 390 g/mol. The van der Waals surface area contributed by atoms with Gasteiger partial charge in [0.15, 0.2) is 6.61 Å². The average molecular weight is 391 g/mol. The van der Waals surface area contributed by atoms with Crippen LogP contribution < -0.4 is 9.46 Å². The summed E-state index contributed by atoms with van der Waals surface area (Å²) in [5.74, 6) is 0.191.